The van der Waals surface area contributed by atoms with Crippen LogP contribution in [0, 0.1) is 0 Å². The Bertz CT molecular complexity index is 764. The number of rotatable bonds is 6. The monoisotopic (exact) mass is 355 g/mol. The predicted molar refractivity (Wildman–Crippen MR) is 103 cm³/mol. The van der Waals surface area contributed by atoms with E-state index in [0.717, 1.165) is 37.3 Å². The summed E-state index contributed by atoms with van der Waals surface area (Å²) in [6, 6.07) is 6.54. The zero-order chi connectivity index (χ0) is 18.7. The van der Waals surface area contributed by atoms with Crippen LogP contribution < -0.4 is 4.90 Å². The number of anilines is 1. The summed E-state index contributed by atoms with van der Waals surface area (Å²) in [5, 5.41) is 3.97. The second-order valence-electron chi connectivity index (χ2n) is 7.75. The maximum atomic E-state index is 12.7. The number of aromatic nitrogens is 2. The Labute approximate surface area is 155 Å². The van der Waals surface area contributed by atoms with Crippen molar-refractivity contribution in [2.24, 2.45) is 0 Å². The van der Waals surface area contributed by atoms with Crippen LogP contribution in [0.3, 0.4) is 0 Å². The summed E-state index contributed by atoms with van der Waals surface area (Å²) in [5.74, 6) is 2.32. The summed E-state index contributed by atoms with van der Waals surface area (Å²) in [6.45, 7) is 9.30. The highest BCUT2D eigenvalue weighted by Crippen LogP contribution is 2.30. The highest BCUT2D eigenvalue weighted by Gasteiger charge is 2.23. The van der Waals surface area contributed by atoms with Crippen molar-refractivity contribution in [2.45, 2.75) is 71.6 Å². The van der Waals surface area contributed by atoms with Gasteiger partial charge in [-0.3, -0.25) is 4.79 Å². The fourth-order valence-electron chi connectivity index (χ4n) is 3.37. The van der Waals surface area contributed by atoms with Crippen LogP contribution in [0.1, 0.15) is 81.6 Å². The van der Waals surface area contributed by atoms with Crippen LogP contribution in [0.15, 0.2) is 22.7 Å². The molecule has 0 aliphatic carbocycles. The average Bonchev–Trinajstić information content (AvgIpc) is 3.09. The Morgan fingerprint density at radius 1 is 1.23 bits per heavy atom. The maximum absolute atomic E-state index is 12.7. The largest absolute Gasteiger partial charge is 0.339 e. The first-order chi connectivity index (χ1) is 12.5. The average molecular weight is 355 g/mol. The number of benzene rings is 1. The molecule has 5 heteroatoms. The van der Waals surface area contributed by atoms with Crippen molar-refractivity contribution in [3.8, 4) is 0 Å². The quantitative estimate of drug-likeness (QED) is 0.759. The smallest absolute Gasteiger partial charge is 0.226 e. The molecule has 1 aromatic heterocycles. The van der Waals surface area contributed by atoms with Crippen LogP contribution in [-0.4, -0.2) is 22.6 Å². The number of fused-ring (bicyclic) bond motifs is 1. The molecule has 1 amide bonds. The van der Waals surface area contributed by atoms with Gasteiger partial charge in [0.2, 0.25) is 11.8 Å². The first kappa shape index (κ1) is 18.6. The van der Waals surface area contributed by atoms with Crippen molar-refractivity contribution in [2.75, 3.05) is 11.4 Å². The van der Waals surface area contributed by atoms with Crippen LogP contribution in [0.2, 0.25) is 0 Å². The van der Waals surface area contributed by atoms with E-state index in [-0.39, 0.29) is 11.8 Å². The summed E-state index contributed by atoms with van der Waals surface area (Å²) in [6.07, 6.45) is 3.97. The Balaban J connectivity index is 1.60. The lowest BCUT2D eigenvalue weighted by molar-refractivity contribution is -0.118. The molecule has 1 aliphatic heterocycles. The van der Waals surface area contributed by atoms with Crippen LogP contribution >= 0.6 is 0 Å². The van der Waals surface area contributed by atoms with Crippen LogP contribution in [0.5, 0.6) is 0 Å². The lowest BCUT2D eigenvalue weighted by Gasteiger charge is -2.30. The minimum absolute atomic E-state index is 0.187. The summed E-state index contributed by atoms with van der Waals surface area (Å²) >= 11 is 0. The highest BCUT2D eigenvalue weighted by atomic mass is 16.5. The lowest BCUT2D eigenvalue weighted by Crippen LogP contribution is -2.35. The van der Waals surface area contributed by atoms with Gasteiger partial charge in [0.1, 0.15) is 0 Å². The van der Waals surface area contributed by atoms with Crippen LogP contribution in [0.25, 0.3) is 0 Å². The zero-order valence-corrected chi connectivity index (χ0v) is 16.3. The molecule has 0 fully saturated rings. The molecule has 5 nitrogen and oxygen atoms in total. The number of hydrogen-bond acceptors (Lipinski definition) is 4. The van der Waals surface area contributed by atoms with E-state index in [1.54, 1.807) is 0 Å². The molecule has 0 atom stereocenters. The number of amides is 1. The number of nitrogens with zero attached hydrogens (tertiary/aromatic N) is 3. The molecule has 2 heterocycles. The summed E-state index contributed by atoms with van der Waals surface area (Å²) in [4.78, 5) is 19.1. The number of carbonyl (C=O) groups is 1. The van der Waals surface area contributed by atoms with Gasteiger partial charge in [-0.1, -0.05) is 45.0 Å². The molecular formula is C21H29N3O2. The Morgan fingerprint density at radius 3 is 2.73 bits per heavy atom. The van der Waals surface area contributed by atoms with Crippen LogP contribution in [0.4, 0.5) is 5.69 Å². The molecule has 0 unspecified atom stereocenters. The molecule has 1 aliphatic rings. The van der Waals surface area contributed by atoms with Gasteiger partial charge < -0.3 is 9.42 Å². The minimum Gasteiger partial charge on any atom is -0.339 e. The van der Waals surface area contributed by atoms with E-state index < -0.39 is 0 Å². The van der Waals surface area contributed by atoms with Gasteiger partial charge in [0.25, 0.3) is 0 Å². The molecule has 0 radical (unpaired) electrons. The van der Waals surface area contributed by atoms with Crippen molar-refractivity contribution >= 4 is 11.6 Å². The molecule has 1 aromatic carbocycles. The van der Waals surface area contributed by atoms with Crippen molar-refractivity contribution in [1.29, 1.82) is 0 Å². The van der Waals surface area contributed by atoms with Gasteiger partial charge in [-0.05, 0) is 42.4 Å². The fraction of sp³-hybridized carbons (Fsp3) is 0.571. The second-order valence-corrected chi connectivity index (χ2v) is 7.75. The third-order valence-electron chi connectivity index (χ3n) is 4.97. The van der Waals surface area contributed by atoms with E-state index in [4.69, 9.17) is 4.52 Å². The number of hydrogen-bond donors (Lipinski definition) is 0. The lowest BCUT2D eigenvalue weighted by atomic mass is 9.94. The topological polar surface area (TPSA) is 59.2 Å². The Morgan fingerprint density at radius 2 is 2.04 bits per heavy atom. The Hall–Kier alpha value is -2.17. The van der Waals surface area contributed by atoms with E-state index in [0.29, 0.717) is 24.7 Å². The molecule has 140 valence electrons. The van der Waals surface area contributed by atoms with E-state index in [2.05, 4.69) is 42.2 Å². The predicted octanol–water partition coefficient (Wildman–Crippen LogP) is 4.62. The van der Waals surface area contributed by atoms with Crippen molar-refractivity contribution in [1.82, 2.24) is 10.1 Å². The third kappa shape index (κ3) is 4.14. The molecular weight excluding hydrogens is 326 g/mol. The zero-order valence-electron chi connectivity index (χ0n) is 16.3. The van der Waals surface area contributed by atoms with Crippen molar-refractivity contribution in [3.63, 3.8) is 0 Å². The van der Waals surface area contributed by atoms with Gasteiger partial charge in [-0.2, -0.15) is 4.98 Å². The van der Waals surface area contributed by atoms with E-state index >= 15 is 0 Å². The van der Waals surface area contributed by atoms with Crippen molar-refractivity contribution < 1.29 is 9.32 Å². The van der Waals surface area contributed by atoms with Gasteiger partial charge in [-0.25, -0.2) is 0 Å². The fourth-order valence-corrected chi connectivity index (χ4v) is 3.37. The number of aryl methyl sites for hydroxylation is 2. The highest BCUT2D eigenvalue weighted by molar-refractivity contribution is 5.94. The summed E-state index contributed by atoms with van der Waals surface area (Å²) < 4.78 is 5.26. The standard InChI is InChI=1S/C21H29N3O2/c1-14(2)16-10-11-18-17(13-16)7-6-12-24(18)20(25)9-5-8-19-22-21(15(3)4)23-26-19/h10-11,13-15H,5-9,12H2,1-4H3. The SMILES string of the molecule is CC(C)c1ccc2c(c1)CCCN2C(=O)CCCc1nc(C(C)C)no1. The van der Waals surface area contributed by atoms with E-state index in [1.807, 2.05) is 18.7 Å². The first-order valence-corrected chi connectivity index (χ1v) is 9.71. The normalized spacial score (nSPS) is 14.2. The Kier molecular flexibility index (Phi) is 5.74. The molecule has 0 spiro atoms. The first-order valence-electron chi connectivity index (χ1n) is 9.71. The number of carbonyl (C=O) groups excluding carboxylic acids is 1. The van der Waals surface area contributed by atoms with Gasteiger partial charge in [0.15, 0.2) is 5.82 Å². The molecule has 3 rings (SSSR count). The molecule has 2 aromatic rings. The summed E-state index contributed by atoms with van der Waals surface area (Å²) in [7, 11) is 0. The molecule has 26 heavy (non-hydrogen) atoms. The van der Waals surface area contributed by atoms with Gasteiger partial charge >= 0.3 is 0 Å². The van der Waals surface area contributed by atoms with E-state index in [9.17, 15) is 4.79 Å². The van der Waals surface area contributed by atoms with Gasteiger partial charge in [0, 0.05) is 31.0 Å². The summed E-state index contributed by atoms with van der Waals surface area (Å²) in [5.41, 5.74) is 3.73. The second kappa shape index (κ2) is 8.02. The molecule has 0 N–H and O–H groups in total. The van der Waals surface area contributed by atoms with Gasteiger partial charge in [-0.15, -0.1) is 0 Å². The molecule has 0 saturated heterocycles. The van der Waals surface area contributed by atoms with Gasteiger partial charge in [0.05, 0.1) is 0 Å². The molecule has 0 saturated carbocycles. The van der Waals surface area contributed by atoms with E-state index in [1.165, 1.54) is 11.1 Å². The third-order valence-corrected chi connectivity index (χ3v) is 4.97. The van der Waals surface area contributed by atoms with Crippen molar-refractivity contribution in [3.05, 3.63) is 41.0 Å². The minimum atomic E-state index is 0.187. The van der Waals surface area contributed by atoms with Crippen LogP contribution in [-0.2, 0) is 17.6 Å². The maximum Gasteiger partial charge on any atom is 0.226 e. The molecule has 0 bridgehead atoms.